The maximum absolute atomic E-state index is 12.5. The van der Waals surface area contributed by atoms with Gasteiger partial charge in [-0.3, -0.25) is 0 Å². The molecule has 0 aliphatic carbocycles. The second-order valence-electron chi connectivity index (χ2n) is 6.80. The van der Waals surface area contributed by atoms with Crippen LogP contribution in [-0.4, -0.2) is 30.1 Å². The summed E-state index contributed by atoms with van der Waals surface area (Å²) >= 11 is 0. The highest BCUT2D eigenvalue weighted by atomic mass is 16.5. The van der Waals surface area contributed by atoms with Crippen molar-refractivity contribution in [2.45, 2.75) is 39.4 Å². The molecule has 1 heterocycles. The van der Waals surface area contributed by atoms with Crippen LogP contribution in [0, 0.1) is 13.8 Å². The van der Waals surface area contributed by atoms with Gasteiger partial charge in [-0.1, -0.05) is 47.5 Å². The topological polar surface area (TPSA) is 41.6 Å². The molecule has 1 unspecified atom stereocenters. The van der Waals surface area contributed by atoms with E-state index in [0.717, 1.165) is 25.1 Å². The standard InChI is InChI=1S/C21H26N2O2/c1-16-5-9-18(10-6-16)15-25-20-4-3-13-23(14-20)21(24)22-19-11-7-17(2)8-12-19/h5-12,20H,3-4,13-15H2,1-2H3,(H,22,24). The van der Waals surface area contributed by atoms with Crippen LogP contribution in [0.4, 0.5) is 10.5 Å². The van der Waals surface area contributed by atoms with E-state index in [0.29, 0.717) is 13.2 Å². The number of hydrogen-bond donors (Lipinski definition) is 1. The number of benzene rings is 2. The zero-order valence-electron chi connectivity index (χ0n) is 15.0. The molecule has 25 heavy (non-hydrogen) atoms. The third-order valence-corrected chi connectivity index (χ3v) is 4.57. The van der Waals surface area contributed by atoms with Gasteiger partial charge in [0.25, 0.3) is 0 Å². The highest BCUT2D eigenvalue weighted by molar-refractivity contribution is 5.89. The Balaban J connectivity index is 1.50. The van der Waals surface area contributed by atoms with E-state index in [1.54, 1.807) is 0 Å². The molecule has 2 aromatic carbocycles. The minimum absolute atomic E-state index is 0.0486. The number of rotatable bonds is 4. The van der Waals surface area contributed by atoms with Crippen molar-refractivity contribution in [2.75, 3.05) is 18.4 Å². The van der Waals surface area contributed by atoms with Crippen molar-refractivity contribution < 1.29 is 9.53 Å². The molecular weight excluding hydrogens is 312 g/mol. The number of anilines is 1. The third-order valence-electron chi connectivity index (χ3n) is 4.57. The van der Waals surface area contributed by atoms with Gasteiger partial charge in [-0.15, -0.1) is 0 Å². The fraction of sp³-hybridized carbons (Fsp3) is 0.381. The molecule has 1 fully saturated rings. The van der Waals surface area contributed by atoms with E-state index >= 15 is 0 Å². The first kappa shape index (κ1) is 17.5. The van der Waals surface area contributed by atoms with Crippen molar-refractivity contribution in [1.82, 2.24) is 4.90 Å². The molecule has 0 radical (unpaired) electrons. The summed E-state index contributed by atoms with van der Waals surface area (Å²) < 4.78 is 6.03. The maximum atomic E-state index is 12.5. The normalized spacial score (nSPS) is 17.4. The molecule has 0 saturated carbocycles. The largest absolute Gasteiger partial charge is 0.372 e. The van der Waals surface area contributed by atoms with E-state index in [1.165, 1.54) is 16.7 Å². The summed E-state index contributed by atoms with van der Waals surface area (Å²) in [5.74, 6) is 0. The lowest BCUT2D eigenvalue weighted by atomic mass is 10.1. The fourth-order valence-corrected chi connectivity index (χ4v) is 3.00. The molecule has 132 valence electrons. The van der Waals surface area contributed by atoms with Crippen molar-refractivity contribution >= 4 is 11.7 Å². The molecule has 2 aromatic rings. The average molecular weight is 338 g/mol. The van der Waals surface area contributed by atoms with Gasteiger partial charge in [-0.2, -0.15) is 0 Å². The van der Waals surface area contributed by atoms with Crippen molar-refractivity contribution in [3.63, 3.8) is 0 Å². The summed E-state index contributed by atoms with van der Waals surface area (Å²) in [4.78, 5) is 14.3. The summed E-state index contributed by atoms with van der Waals surface area (Å²) in [6, 6.07) is 16.2. The molecule has 4 heteroatoms. The molecule has 1 saturated heterocycles. The van der Waals surface area contributed by atoms with Gasteiger partial charge in [0.1, 0.15) is 0 Å². The van der Waals surface area contributed by atoms with E-state index in [1.807, 2.05) is 36.1 Å². The number of carbonyl (C=O) groups excluding carboxylic acids is 1. The van der Waals surface area contributed by atoms with Crippen LogP contribution in [0.15, 0.2) is 48.5 Å². The number of likely N-dealkylation sites (tertiary alicyclic amines) is 1. The summed E-state index contributed by atoms with van der Waals surface area (Å²) in [5, 5.41) is 2.97. The minimum Gasteiger partial charge on any atom is -0.372 e. The van der Waals surface area contributed by atoms with E-state index in [2.05, 4.69) is 36.5 Å². The predicted octanol–water partition coefficient (Wildman–Crippen LogP) is 4.52. The molecule has 4 nitrogen and oxygen atoms in total. The summed E-state index contributed by atoms with van der Waals surface area (Å²) in [6.07, 6.45) is 2.07. The summed E-state index contributed by atoms with van der Waals surface area (Å²) in [5.41, 5.74) is 4.44. The number of urea groups is 1. The van der Waals surface area contributed by atoms with Crippen molar-refractivity contribution in [3.8, 4) is 0 Å². The number of carbonyl (C=O) groups is 1. The Kier molecular flexibility index (Phi) is 5.71. The van der Waals surface area contributed by atoms with Gasteiger partial charge >= 0.3 is 6.03 Å². The van der Waals surface area contributed by atoms with E-state index < -0.39 is 0 Å². The first-order chi connectivity index (χ1) is 12.1. The lowest BCUT2D eigenvalue weighted by Gasteiger charge is -2.32. The van der Waals surface area contributed by atoms with Gasteiger partial charge in [0.05, 0.1) is 12.7 Å². The first-order valence-corrected chi connectivity index (χ1v) is 8.90. The number of amides is 2. The minimum atomic E-state index is -0.0486. The molecular formula is C21H26N2O2. The zero-order valence-corrected chi connectivity index (χ0v) is 15.0. The highest BCUT2D eigenvalue weighted by Crippen LogP contribution is 2.17. The van der Waals surface area contributed by atoms with Crippen LogP contribution in [0.25, 0.3) is 0 Å². The van der Waals surface area contributed by atoms with Crippen LogP contribution in [0.2, 0.25) is 0 Å². The van der Waals surface area contributed by atoms with Gasteiger partial charge in [-0.05, 0) is 44.4 Å². The third kappa shape index (κ3) is 5.07. The average Bonchev–Trinajstić information content (AvgIpc) is 2.63. The number of aryl methyl sites for hydroxylation is 2. The van der Waals surface area contributed by atoms with Gasteiger partial charge in [-0.25, -0.2) is 4.79 Å². The summed E-state index contributed by atoms with van der Waals surface area (Å²) in [6.45, 7) is 6.13. The van der Waals surface area contributed by atoms with Crippen LogP contribution in [0.1, 0.15) is 29.5 Å². The Hall–Kier alpha value is -2.33. The van der Waals surface area contributed by atoms with Gasteiger partial charge in [0, 0.05) is 18.8 Å². The van der Waals surface area contributed by atoms with E-state index in [-0.39, 0.29) is 12.1 Å². The Morgan fingerprint density at radius 1 is 1.08 bits per heavy atom. The Bertz CT molecular complexity index is 695. The Morgan fingerprint density at radius 2 is 1.72 bits per heavy atom. The number of hydrogen-bond acceptors (Lipinski definition) is 2. The Morgan fingerprint density at radius 3 is 2.40 bits per heavy atom. The molecule has 1 N–H and O–H groups in total. The molecule has 0 spiro atoms. The van der Waals surface area contributed by atoms with Crippen molar-refractivity contribution in [3.05, 3.63) is 65.2 Å². The highest BCUT2D eigenvalue weighted by Gasteiger charge is 2.24. The molecule has 0 bridgehead atoms. The molecule has 1 aliphatic rings. The molecule has 1 atom stereocenters. The number of nitrogens with one attached hydrogen (secondary N) is 1. The van der Waals surface area contributed by atoms with E-state index in [4.69, 9.17) is 4.74 Å². The molecule has 1 aliphatic heterocycles. The second-order valence-corrected chi connectivity index (χ2v) is 6.80. The fourth-order valence-electron chi connectivity index (χ4n) is 3.00. The van der Waals surface area contributed by atoms with Gasteiger partial charge in [0.15, 0.2) is 0 Å². The predicted molar refractivity (Wildman–Crippen MR) is 101 cm³/mol. The molecule has 3 rings (SSSR count). The van der Waals surface area contributed by atoms with Crippen LogP contribution in [-0.2, 0) is 11.3 Å². The Labute approximate surface area is 149 Å². The van der Waals surface area contributed by atoms with Gasteiger partial charge in [0.2, 0.25) is 0 Å². The van der Waals surface area contributed by atoms with Gasteiger partial charge < -0.3 is 15.0 Å². The maximum Gasteiger partial charge on any atom is 0.321 e. The van der Waals surface area contributed by atoms with Crippen molar-refractivity contribution in [1.29, 1.82) is 0 Å². The van der Waals surface area contributed by atoms with E-state index in [9.17, 15) is 4.79 Å². The van der Waals surface area contributed by atoms with Crippen LogP contribution >= 0.6 is 0 Å². The lowest BCUT2D eigenvalue weighted by molar-refractivity contribution is 0.00101. The number of nitrogens with zero attached hydrogens (tertiary/aromatic N) is 1. The van der Waals surface area contributed by atoms with Crippen LogP contribution < -0.4 is 5.32 Å². The van der Waals surface area contributed by atoms with Crippen LogP contribution in [0.5, 0.6) is 0 Å². The quantitative estimate of drug-likeness (QED) is 0.891. The second kappa shape index (κ2) is 8.17. The summed E-state index contributed by atoms with van der Waals surface area (Å²) in [7, 11) is 0. The molecule has 0 aromatic heterocycles. The zero-order chi connectivity index (χ0) is 17.6. The monoisotopic (exact) mass is 338 g/mol. The smallest absolute Gasteiger partial charge is 0.321 e. The van der Waals surface area contributed by atoms with Crippen molar-refractivity contribution in [2.24, 2.45) is 0 Å². The van der Waals surface area contributed by atoms with Crippen LogP contribution in [0.3, 0.4) is 0 Å². The SMILES string of the molecule is Cc1ccc(COC2CCCN(C(=O)Nc3ccc(C)cc3)C2)cc1. The first-order valence-electron chi connectivity index (χ1n) is 8.90. The number of ether oxygens (including phenoxy) is 1. The molecule has 2 amide bonds. The number of piperidine rings is 1. The lowest BCUT2D eigenvalue weighted by Crippen LogP contribution is -2.45.